The Bertz CT molecular complexity index is 1220. The molecule has 3 fully saturated rings. The standard InChI is InChI=1S/C20H21N7O6S2/c21-20-23-11(7-35-20)12(25-33)15(28)24-13-17(30)27-14(19(31)32)9(6-34-18(13)27)3-8-1-2-26(16(8)29)10-4-22-5-10/h3,7,10,13,18,22,33H,1-2,4-6H2,(H2,21,23)(H,24,28)(H,31,32)/b8-3?,25-12-/t13-,18-/m1/s1. The number of anilines is 1. The molecule has 4 aliphatic heterocycles. The zero-order chi connectivity index (χ0) is 24.9. The van der Waals surface area contributed by atoms with E-state index in [2.05, 4.69) is 20.8 Å². The second-order valence-electron chi connectivity index (χ2n) is 8.29. The molecule has 5 heterocycles. The second kappa shape index (κ2) is 8.98. The van der Waals surface area contributed by atoms with Gasteiger partial charge in [0, 0.05) is 36.3 Å². The fourth-order valence-corrected chi connectivity index (χ4v) is 6.25. The van der Waals surface area contributed by atoms with E-state index in [9.17, 15) is 29.5 Å². The van der Waals surface area contributed by atoms with Gasteiger partial charge in [-0.25, -0.2) is 9.78 Å². The quantitative estimate of drug-likeness (QED) is 0.1000. The molecule has 0 aliphatic carbocycles. The van der Waals surface area contributed by atoms with Crippen molar-refractivity contribution in [3.63, 3.8) is 0 Å². The molecule has 0 unspecified atom stereocenters. The third-order valence-electron chi connectivity index (χ3n) is 6.27. The Hall–Kier alpha value is -3.43. The van der Waals surface area contributed by atoms with Crippen molar-refractivity contribution in [3.05, 3.63) is 34.0 Å². The highest BCUT2D eigenvalue weighted by atomic mass is 32.2. The first kappa shape index (κ1) is 23.3. The van der Waals surface area contributed by atoms with Crippen molar-refractivity contribution in [2.45, 2.75) is 23.9 Å². The SMILES string of the molecule is Nc1nc(/C(=N/O)C(=O)N[C@@H]2C(=O)N3C(C(=O)O)=C(C=C4CCN(C5CNC5)C4=O)CS[C@H]23)cs1. The average molecular weight is 520 g/mol. The summed E-state index contributed by atoms with van der Waals surface area (Å²) in [7, 11) is 0. The predicted octanol–water partition coefficient (Wildman–Crippen LogP) is -1.23. The van der Waals surface area contributed by atoms with Crippen LogP contribution in [0, 0.1) is 0 Å². The molecule has 3 amide bonds. The van der Waals surface area contributed by atoms with Gasteiger partial charge in [-0.1, -0.05) is 5.16 Å². The smallest absolute Gasteiger partial charge is 0.352 e. The van der Waals surface area contributed by atoms with Crippen LogP contribution in [-0.4, -0.2) is 97.3 Å². The van der Waals surface area contributed by atoms with E-state index in [1.807, 2.05) is 0 Å². The molecule has 1 aromatic rings. The van der Waals surface area contributed by atoms with Crippen LogP contribution < -0.4 is 16.4 Å². The van der Waals surface area contributed by atoms with Crippen LogP contribution in [0.4, 0.5) is 5.13 Å². The number of nitrogens with one attached hydrogen (secondary N) is 2. The molecule has 0 bridgehead atoms. The Balaban J connectivity index is 1.33. The number of nitrogens with two attached hydrogens (primary N) is 1. The fraction of sp³-hybridized carbons (Fsp3) is 0.400. The molecule has 0 spiro atoms. The minimum Gasteiger partial charge on any atom is -0.477 e. The van der Waals surface area contributed by atoms with E-state index < -0.39 is 34.9 Å². The Labute approximate surface area is 206 Å². The number of aromatic nitrogens is 1. The maximum Gasteiger partial charge on any atom is 0.352 e. The van der Waals surface area contributed by atoms with E-state index in [1.54, 1.807) is 11.0 Å². The number of allylic oxidation sites excluding steroid dienone is 1. The van der Waals surface area contributed by atoms with Crippen LogP contribution in [0.15, 0.2) is 33.5 Å². The lowest BCUT2D eigenvalue weighted by Crippen LogP contribution is -2.71. The molecule has 35 heavy (non-hydrogen) atoms. The summed E-state index contributed by atoms with van der Waals surface area (Å²) in [6.07, 6.45) is 2.10. The molecule has 3 saturated heterocycles. The van der Waals surface area contributed by atoms with E-state index in [1.165, 1.54) is 17.1 Å². The molecule has 0 radical (unpaired) electrons. The first-order valence-corrected chi connectivity index (χ1v) is 12.6. The van der Waals surface area contributed by atoms with Gasteiger partial charge in [-0.05, 0) is 18.1 Å². The summed E-state index contributed by atoms with van der Waals surface area (Å²) >= 11 is 2.33. The topological polar surface area (TPSA) is 191 Å². The number of amides is 3. The number of rotatable bonds is 6. The molecule has 184 valence electrons. The van der Waals surface area contributed by atoms with Crippen molar-refractivity contribution in [2.24, 2.45) is 5.16 Å². The number of oxime groups is 1. The van der Waals surface area contributed by atoms with Gasteiger partial charge in [-0.2, -0.15) is 0 Å². The lowest BCUT2D eigenvalue weighted by molar-refractivity contribution is -0.150. The Morgan fingerprint density at radius 1 is 1.34 bits per heavy atom. The number of thiazole rings is 1. The van der Waals surface area contributed by atoms with Crippen molar-refractivity contribution in [1.82, 2.24) is 25.4 Å². The second-order valence-corrected chi connectivity index (χ2v) is 10.3. The number of β-lactam (4-membered cyclic amide) rings is 1. The largest absolute Gasteiger partial charge is 0.477 e. The molecule has 0 saturated carbocycles. The number of hydrogen-bond acceptors (Lipinski definition) is 11. The number of nitrogens with zero attached hydrogens (tertiary/aromatic N) is 4. The van der Waals surface area contributed by atoms with Crippen LogP contribution in [0.25, 0.3) is 0 Å². The van der Waals surface area contributed by atoms with Gasteiger partial charge in [0.05, 0.1) is 6.04 Å². The fourth-order valence-electron chi connectivity index (χ4n) is 4.39. The maximum atomic E-state index is 12.9. The summed E-state index contributed by atoms with van der Waals surface area (Å²) in [4.78, 5) is 57.2. The van der Waals surface area contributed by atoms with Crippen LogP contribution in [0.1, 0.15) is 12.1 Å². The minimum absolute atomic E-state index is 0.0559. The number of carboxylic acid groups (broad SMARTS) is 1. The molecule has 5 rings (SSSR count). The normalized spacial score (nSPS) is 26.1. The Kier molecular flexibility index (Phi) is 5.98. The van der Waals surface area contributed by atoms with Crippen molar-refractivity contribution >= 4 is 57.6 Å². The van der Waals surface area contributed by atoms with E-state index >= 15 is 0 Å². The number of fused-ring (bicyclic) bond motifs is 1. The van der Waals surface area contributed by atoms with Crippen molar-refractivity contribution in [2.75, 3.05) is 31.1 Å². The predicted molar refractivity (Wildman–Crippen MR) is 126 cm³/mol. The third kappa shape index (κ3) is 3.94. The molecule has 4 aliphatic rings. The zero-order valence-electron chi connectivity index (χ0n) is 18.1. The number of aliphatic carboxylic acids is 1. The summed E-state index contributed by atoms with van der Waals surface area (Å²) in [5, 5.41) is 28.7. The molecular weight excluding hydrogens is 498 g/mol. The maximum absolute atomic E-state index is 12.9. The number of carbonyl (C=O) groups excluding carboxylic acids is 3. The number of hydrogen-bond donors (Lipinski definition) is 5. The van der Waals surface area contributed by atoms with Crippen molar-refractivity contribution in [3.8, 4) is 0 Å². The Morgan fingerprint density at radius 2 is 2.11 bits per heavy atom. The van der Waals surface area contributed by atoms with Crippen LogP contribution in [-0.2, 0) is 19.2 Å². The number of likely N-dealkylation sites (tertiary alicyclic amines) is 1. The number of nitrogen functional groups attached to an aromatic ring is 1. The third-order valence-corrected chi connectivity index (χ3v) is 8.25. The molecule has 15 heteroatoms. The van der Waals surface area contributed by atoms with Gasteiger partial charge in [0.2, 0.25) is 5.91 Å². The van der Waals surface area contributed by atoms with Gasteiger partial charge < -0.3 is 31.6 Å². The molecular formula is C20H21N7O6S2. The summed E-state index contributed by atoms with van der Waals surface area (Å²) in [5.74, 6) is -2.61. The molecule has 2 atom stereocenters. The van der Waals surface area contributed by atoms with Crippen LogP contribution in [0.3, 0.4) is 0 Å². The van der Waals surface area contributed by atoms with Gasteiger partial charge in [-0.3, -0.25) is 19.3 Å². The van der Waals surface area contributed by atoms with Crippen molar-refractivity contribution in [1.29, 1.82) is 0 Å². The number of thioether (sulfide) groups is 1. The lowest BCUT2D eigenvalue weighted by atomic mass is 10.0. The highest BCUT2D eigenvalue weighted by Crippen LogP contribution is 2.41. The number of carboxylic acids is 1. The summed E-state index contributed by atoms with van der Waals surface area (Å²) in [6.45, 7) is 2.07. The van der Waals surface area contributed by atoms with Crippen LogP contribution >= 0.6 is 23.1 Å². The van der Waals surface area contributed by atoms with Gasteiger partial charge >= 0.3 is 5.97 Å². The van der Waals surface area contributed by atoms with E-state index in [4.69, 9.17) is 5.73 Å². The van der Waals surface area contributed by atoms with Gasteiger partial charge in [0.25, 0.3) is 11.8 Å². The van der Waals surface area contributed by atoms with Gasteiger partial charge in [0.15, 0.2) is 10.8 Å². The Morgan fingerprint density at radius 3 is 2.71 bits per heavy atom. The molecule has 13 nitrogen and oxygen atoms in total. The highest BCUT2D eigenvalue weighted by molar-refractivity contribution is 8.00. The summed E-state index contributed by atoms with van der Waals surface area (Å²) < 4.78 is 0. The lowest BCUT2D eigenvalue weighted by Gasteiger charge is -2.49. The van der Waals surface area contributed by atoms with Crippen LogP contribution in [0.5, 0.6) is 0 Å². The zero-order valence-corrected chi connectivity index (χ0v) is 19.8. The first-order valence-electron chi connectivity index (χ1n) is 10.7. The minimum atomic E-state index is -1.29. The van der Waals surface area contributed by atoms with E-state index in [0.29, 0.717) is 24.1 Å². The molecule has 1 aromatic heterocycles. The highest BCUT2D eigenvalue weighted by Gasteiger charge is 2.54. The summed E-state index contributed by atoms with van der Waals surface area (Å²) in [5.41, 5.74) is 5.91. The average Bonchev–Trinajstić information content (AvgIpc) is 3.37. The summed E-state index contributed by atoms with van der Waals surface area (Å²) in [6, 6.07) is -0.862. The van der Waals surface area contributed by atoms with Crippen molar-refractivity contribution < 1.29 is 29.5 Å². The van der Waals surface area contributed by atoms with Crippen LogP contribution in [0.2, 0.25) is 0 Å². The molecule has 0 aromatic carbocycles. The van der Waals surface area contributed by atoms with E-state index in [0.717, 1.165) is 29.3 Å². The first-order chi connectivity index (χ1) is 16.8. The van der Waals surface area contributed by atoms with Gasteiger partial charge in [-0.15, -0.1) is 23.1 Å². The monoisotopic (exact) mass is 519 g/mol. The number of carbonyl (C=O) groups is 4. The van der Waals surface area contributed by atoms with Gasteiger partial charge in [0.1, 0.15) is 22.8 Å². The van der Waals surface area contributed by atoms with E-state index in [-0.39, 0.29) is 34.2 Å². The molecule has 6 N–H and O–H groups in total.